The highest BCUT2D eigenvalue weighted by molar-refractivity contribution is 6.17. The molecule has 2 aromatic rings. The van der Waals surface area contributed by atoms with E-state index in [9.17, 15) is 0 Å². The number of aromatic nitrogens is 1. The fourth-order valence-electron chi connectivity index (χ4n) is 1.93. The Morgan fingerprint density at radius 2 is 2.00 bits per heavy atom. The van der Waals surface area contributed by atoms with Crippen LogP contribution in [0.3, 0.4) is 0 Å². The molecule has 1 N–H and O–H groups in total. The third-order valence-electron chi connectivity index (χ3n) is 3.18. The number of hydrogen-bond acceptors (Lipinski definition) is 2. The number of nitrogens with one attached hydrogen (secondary N) is 1. The zero-order chi connectivity index (χ0) is 13.0. The summed E-state index contributed by atoms with van der Waals surface area (Å²) in [7, 11) is 0. The molecule has 0 fully saturated rings. The third-order valence-corrected chi connectivity index (χ3v) is 3.37. The number of halogens is 1. The van der Waals surface area contributed by atoms with E-state index in [2.05, 4.69) is 30.2 Å². The molecule has 0 unspecified atom stereocenters. The Bertz CT molecular complexity index is 517. The van der Waals surface area contributed by atoms with E-state index in [0.717, 1.165) is 24.2 Å². The van der Waals surface area contributed by atoms with Crippen molar-refractivity contribution < 1.29 is 0 Å². The van der Waals surface area contributed by atoms with Crippen LogP contribution in [0.4, 0.5) is 5.69 Å². The quantitative estimate of drug-likeness (QED) is 0.813. The number of para-hydroxylation sites is 1. The van der Waals surface area contributed by atoms with Crippen molar-refractivity contribution in [1.29, 1.82) is 0 Å². The van der Waals surface area contributed by atoms with Crippen molar-refractivity contribution in [3.05, 3.63) is 36.5 Å². The minimum atomic E-state index is 0.201. The number of rotatable bonds is 5. The molecule has 0 spiro atoms. The van der Waals surface area contributed by atoms with Gasteiger partial charge >= 0.3 is 0 Å². The van der Waals surface area contributed by atoms with Crippen LogP contribution in [0.5, 0.6) is 0 Å². The maximum atomic E-state index is 5.83. The van der Waals surface area contributed by atoms with Crippen LogP contribution in [-0.2, 0) is 0 Å². The molecule has 3 heteroatoms. The second-order valence-corrected chi connectivity index (χ2v) is 5.71. The molecule has 0 saturated heterocycles. The summed E-state index contributed by atoms with van der Waals surface area (Å²) in [5.74, 6) is 0.700. The van der Waals surface area contributed by atoms with Gasteiger partial charge in [0.2, 0.25) is 0 Å². The summed E-state index contributed by atoms with van der Waals surface area (Å²) in [5, 5.41) is 4.68. The number of fused-ring (bicyclic) bond motifs is 1. The zero-order valence-electron chi connectivity index (χ0n) is 10.9. The second-order valence-electron chi connectivity index (χ2n) is 5.33. The van der Waals surface area contributed by atoms with Crippen LogP contribution < -0.4 is 5.32 Å². The van der Waals surface area contributed by atoms with Crippen molar-refractivity contribution in [1.82, 2.24) is 4.98 Å². The molecule has 2 nitrogen and oxygen atoms in total. The van der Waals surface area contributed by atoms with Gasteiger partial charge in [0.05, 0.1) is 5.52 Å². The Morgan fingerprint density at radius 1 is 1.22 bits per heavy atom. The Kier molecular flexibility index (Phi) is 4.07. The van der Waals surface area contributed by atoms with E-state index in [1.165, 1.54) is 5.39 Å². The largest absolute Gasteiger partial charge is 0.384 e. The van der Waals surface area contributed by atoms with Gasteiger partial charge in [-0.2, -0.15) is 0 Å². The third kappa shape index (κ3) is 3.14. The van der Waals surface area contributed by atoms with Crippen LogP contribution in [0.25, 0.3) is 10.9 Å². The number of benzene rings is 1. The molecule has 0 radical (unpaired) electrons. The lowest BCUT2D eigenvalue weighted by molar-refractivity contribution is 0.379. The van der Waals surface area contributed by atoms with E-state index >= 15 is 0 Å². The zero-order valence-corrected chi connectivity index (χ0v) is 11.7. The lowest BCUT2D eigenvalue weighted by Gasteiger charge is -2.24. The molecule has 0 amide bonds. The van der Waals surface area contributed by atoms with Crippen LogP contribution >= 0.6 is 11.6 Å². The monoisotopic (exact) mass is 262 g/mol. The first kappa shape index (κ1) is 13.2. The highest BCUT2D eigenvalue weighted by Crippen LogP contribution is 2.25. The van der Waals surface area contributed by atoms with Crippen molar-refractivity contribution in [2.75, 3.05) is 17.7 Å². The molecule has 1 aromatic carbocycles. The summed E-state index contributed by atoms with van der Waals surface area (Å²) in [4.78, 5) is 4.36. The van der Waals surface area contributed by atoms with Gasteiger partial charge in [-0.3, -0.25) is 4.98 Å². The van der Waals surface area contributed by atoms with E-state index in [1.54, 1.807) is 0 Å². The maximum absolute atomic E-state index is 5.83. The molecular formula is C15H19ClN2. The van der Waals surface area contributed by atoms with Crippen molar-refractivity contribution in [2.24, 2.45) is 5.41 Å². The lowest BCUT2D eigenvalue weighted by atomic mass is 9.90. The molecule has 0 aliphatic carbocycles. The number of alkyl halides is 1. The number of hydrogen-bond donors (Lipinski definition) is 1. The molecule has 0 aliphatic rings. The highest BCUT2D eigenvalue weighted by Gasteiger charge is 2.16. The molecule has 1 aromatic heterocycles. The summed E-state index contributed by atoms with van der Waals surface area (Å²) >= 11 is 5.83. The van der Waals surface area contributed by atoms with E-state index in [-0.39, 0.29) is 5.41 Å². The highest BCUT2D eigenvalue weighted by atomic mass is 35.5. The van der Waals surface area contributed by atoms with Gasteiger partial charge in [0.1, 0.15) is 0 Å². The summed E-state index contributed by atoms with van der Waals surface area (Å²) in [6.45, 7) is 5.37. The molecule has 0 aliphatic heterocycles. The molecule has 2 rings (SSSR count). The Balaban J connectivity index is 2.17. The maximum Gasteiger partial charge on any atom is 0.0722 e. The van der Waals surface area contributed by atoms with Gasteiger partial charge in [-0.25, -0.2) is 0 Å². The van der Waals surface area contributed by atoms with E-state index in [4.69, 9.17) is 11.6 Å². The number of anilines is 1. The minimum absolute atomic E-state index is 0.201. The van der Waals surface area contributed by atoms with Gasteiger partial charge in [0.15, 0.2) is 0 Å². The topological polar surface area (TPSA) is 24.9 Å². The van der Waals surface area contributed by atoms with Gasteiger partial charge in [0.25, 0.3) is 0 Å². The van der Waals surface area contributed by atoms with E-state index in [0.29, 0.717) is 5.88 Å². The van der Waals surface area contributed by atoms with Gasteiger partial charge in [-0.15, -0.1) is 11.6 Å². The molecular weight excluding hydrogens is 244 g/mol. The first-order chi connectivity index (χ1) is 8.62. The van der Waals surface area contributed by atoms with Gasteiger partial charge in [0, 0.05) is 29.7 Å². The Hall–Kier alpha value is -1.28. The smallest absolute Gasteiger partial charge is 0.0722 e. The molecule has 96 valence electrons. The average molecular weight is 263 g/mol. The number of pyridine rings is 1. The van der Waals surface area contributed by atoms with Crippen LogP contribution in [0.1, 0.15) is 20.3 Å². The van der Waals surface area contributed by atoms with Crippen LogP contribution in [0.15, 0.2) is 36.5 Å². The SMILES string of the molecule is CC(C)(CCCl)CNc1ccnc2ccccc12. The van der Waals surface area contributed by atoms with E-state index < -0.39 is 0 Å². The van der Waals surface area contributed by atoms with Crippen LogP contribution in [0, 0.1) is 5.41 Å². The molecule has 0 atom stereocenters. The first-order valence-corrected chi connectivity index (χ1v) is 6.79. The standard InChI is InChI=1S/C15H19ClN2/c1-15(2,8-9-16)11-18-14-7-10-17-13-6-4-3-5-12(13)14/h3-7,10H,8-9,11H2,1-2H3,(H,17,18). The Labute approximate surface area is 113 Å². The molecule has 0 saturated carbocycles. The van der Waals surface area contributed by atoms with Crippen LogP contribution in [0.2, 0.25) is 0 Å². The second kappa shape index (κ2) is 5.57. The van der Waals surface area contributed by atoms with Gasteiger partial charge < -0.3 is 5.32 Å². The van der Waals surface area contributed by atoms with Crippen LogP contribution in [-0.4, -0.2) is 17.4 Å². The summed E-state index contributed by atoms with van der Waals surface area (Å²) in [6, 6.07) is 10.2. The summed E-state index contributed by atoms with van der Waals surface area (Å²) < 4.78 is 0. The normalized spacial score (nSPS) is 11.7. The molecule has 1 heterocycles. The summed E-state index contributed by atoms with van der Waals surface area (Å²) in [5.41, 5.74) is 2.37. The molecule has 18 heavy (non-hydrogen) atoms. The minimum Gasteiger partial charge on any atom is -0.384 e. The average Bonchev–Trinajstić information content (AvgIpc) is 2.36. The van der Waals surface area contributed by atoms with Gasteiger partial charge in [-0.05, 0) is 24.0 Å². The summed E-state index contributed by atoms with van der Waals surface area (Å²) in [6.07, 6.45) is 2.85. The van der Waals surface area contributed by atoms with Crippen molar-refractivity contribution in [2.45, 2.75) is 20.3 Å². The fraction of sp³-hybridized carbons (Fsp3) is 0.400. The first-order valence-electron chi connectivity index (χ1n) is 6.26. The molecule has 0 bridgehead atoms. The lowest BCUT2D eigenvalue weighted by Crippen LogP contribution is -2.23. The predicted octanol–water partition coefficient (Wildman–Crippen LogP) is 4.30. The van der Waals surface area contributed by atoms with Gasteiger partial charge in [-0.1, -0.05) is 32.0 Å². The van der Waals surface area contributed by atoms with Crippen molar-refractivity contribution in [3.63, 3.8) is 0 Å². The predicted molar refractivity (Wildman–Crippen MR) is 79.4 cm³/mol. The van der Waals surface area contributed by atoms with Crippen molar-refractivity contribution >= 4 is 28.2 Å². The fourth-order valence-corrected chi connectivity index (χ4v) is 2.44. The number of nitrogens with zero attached hydrogens (tertiary/aromatic N) is 1. The van der Waals surface area contributed by atoms with E-state index in [1.807, 2.05) is 30.5 Å². The Morgan fingerprint density at radius 3 is 2.78 bits per heavy atom. The van der Waals surface area contributed by atoms with Crippen molar-refractivity contribution in [3.8, 4) is 0 Å².